The van der Waals surface area contributed by atoms with Gasteiger partial charge in [-0.25, -0.2) is 0 Å². The molecule has 0 aromatic heterocycles. The number of nitrogens with two attached hydrogens (primary N) is 1. The number of hydrogen-bond acceptors (Lipinski definition) is 3. The average Bonchev–Trinajstić information content (AvgIpc) is 2.32. The van der Waals surface area contributed by atoms with Crippen LogP contribution in [0.25, 0.3) is 0 Å². The number of rotatable bonds is 4. The minimum Gasteiger partial charge on any atom is -0.494 e. The van der Waals surface area contributed by atoms with Gasteiger partial charge in [0.05, 0.1) is 12.3 Å². The fourth-order valence-corrected chi connectivity index (χ4v) is 2.05. The third kappa shape index (κ3) is 3.17. The molecular weight excluding hydrogens is 292 g/mol. The van der Waals surface area contributed by atoms with Crippen LogP contribution < -0.4 is 15.8 Å². The Hall–Kier alpha value is -1.68. The normalized spacial score (nSPS) is 10.1. The van der Waals surface area contributed by atoms with Crippen LogP contribution in [0.15, 0.2) is 46.9 Å². The highest BCUT2D eigenvalue weighted by atomic mass is 79.9. The first kappa shape index (κ1) is 12.8. The fourth-order valence-electron chi connectivity index (χ4n) is 1.66. The highest BCUT2D eigenvalue weighted by Crippen LogP contribution is 2.29. The number of nitrogens with one attached hydrogen (secondary N) is 1. The maximum atomic E-state index is 5.85. The zero-order chi connectivity index (χ0) is 13.0. The van der Waals surface area contributed by atoms with Gasteiger partial charge in [-0.3, -0.25) is 0 Å². The molecule has 3 nitrogen and oxygen atoms in total. The fraction of sp³-hybridized carbons (Fsp3) is 0.143. The molecule has 0 unspecified atom stereocenters. The number of benzene rings is 2. The topological polar surface area (TPSA) is 47.3 Å². The third-order valence-electron chi connectivity index (χ3n) is 2.39. The van der Waals surface area contributed by atoms with Gasteiger partial charge in [0, 0.05) is 28.0 Å². The van der Waals surface area contributed by atoms with E-state index in [0.717, 1.165) is 21.6 Å². The number of para-hydroxylation sites is 1. The molecule has 0 aliphatic carbocycles. The molecule has 94 valence electrons. The molecule has 0 fully saturated rings. The minimum atomic E-state index is 0.623. The Kier molecular flexibility index (Phi) is 4.10. The van der Waals surface area contributed by atoms with Crippen LogP contribution in [0, 0.1) is 0 Å². The summed E-state index contributed by atoms with van der Waals surface area (Å²) >= 11 is 3.50. The van der Waals surface area contributed by atoms with E-state index in [1.807, 2.05) is 49.4 Å². The summed E-state index contributed by atoms with van der Waals surface area (Å²) in [7, 11) is 0. The standard InChI is InChI=1S/C14H15BrN2O/c1-2-18-12-8-10(16)7-11(9-12)17-14-6-4-3-5-13(14)15/h3-9,17H,2,16H2,1H3. The molecule has 3 N–H and O–H groups in total. The lowest BCUT2D eigenvalue weighted by Gasteiger charge is -2.11. The Labute approximate surface area is 115 Å². The first-order chi connectivity index (χ1) is 8.69. The molecule has 2 aromatic carbocycles. The van der Waals surface area contributed by atoms with Gasteiger partial charge in [0.2, 0.25) is 0 Å². The number of nitrogen functional groups attached to an aromatic ring is 1. The zero-order valence-electron chi connectivity index (χ0n) is 10.1. The van der Waals surface area contributed by atoms with Gasteiger partial charge in [-0.15, -0.1) is 0 Å². The highest BCUT2D eigenvalue weighted by molar-refractivity contribution is 9.10. The first-order valence-corrected chi connectivity index (χ1v) is 6.53. The van der Waals surface area contributed by atoms with Gasteiger partial charge >= 0.3 is 0 Å². The average molecular weight is 307 g/mol. The van der Waals surface area contributed by atoms with Crippen molar-refractivity contribution in [3.63, 3.8) is 0 Å². The first-order valence-electron chi connectivity index (χ1n) is 5.74. The molecule has 4 heteroatoms. The molecule has 2 rings (SSSR count). The van der Waals surface area contributed by atoms with Gasteiger partial charge in [-0.1, -0.05) is 12.1 Å². The van der Waals surface area contributed by atoms with E-state index in [-0.39, 0.29) is 0 Å². The number of ether oxygens (including phenoxy) is 1. The molecule has 0 aliphatic rings. The van der Waals surface area contributed by atoms with Gasteiger partial charge in [-0.05, 0) is 41.1 Å². The zero-order valence-corrected chi connectivity index (χ0v) is 11.7. The lowest BCUT2D eigenvalue weighted by Crippen LogP contribution is -1.97. The van der Waals surface area contributed by atoms with Gasteiger partial charge in [0.25, 0.3) is 0 Å². The Balaban J connectivity index is 2.26. The second-order valence-corrected chi connectivity index (χ2v) is 4.68. The summed E-state index contributed by atoms with van der Waals surface area (Å²) in [4.78, 5) is 0. The predicted octanol–water partition coefficient (Wildman–Crippen LogP) is 4.17. The molecule has 0 aliphatic heterocycles. The van der Waals surface area contributed by atoms with Gasteiger partial charge in [-0.2, -0.15) is 0 Å². The van der Waals surface area contributed by atoms with Crippen LogP contribution in [0.5, 0.6) is 5.75 Å². The molecular formula is C14H15BrN2O. The predicted molar refractivity (Wildman–Crippen MR) is 79.4 cm³/mol. The van der Waals surface area contributed by atoms with Crippen molar-refractivity contribution in [3.05, 3.63) is 46.9 Å². The van der Waals surface area contributed by atoms with E-state index in [1.165, 1.54) is 0 Å². The molecule has 0 radical (unpaired) electrons. The molecule has 0 bridgehead atoms. The van der Waals surface area contributed by atoms with Gasteiger partial charge in [0.15, 0.2) is 0 Å². The minimum absolute atomic E-state index is 0.623. The lowest BCUT2D eigenvalue weighted by atomic mass is 10.2. The number of anilines is 3. The smallest absolute Gasteiger partial charge is 0.123 e. The van der Waals surface area contributed by atoms with Crippen molar-refractivity contribution >= 4 is 33.0 Å². The van der Waals surface area contributed by atoms with Crippen molar-refractivity contribution in [2.75, 3.05) is 17.7 Å². The quantitative estimate of drug-likeness (QED) is 0.833. The maximum Gasteiger partial charge on any atom is 0.123 e. The second kappa shape index (κ2) is 5.78. The van der Waals surface area contributed by atoms with Crippen LogP contribution in [0.3, 0.4) is 0 Å². The van der Waals surface area contributed by atoms with E-state index >= 15 is 0 Å². The van der Waals surface area contributed by atoms with Gasteiger partial charge in [0.1, 0.15) is 5.75 Å². The molecule has 0 saturated heterocycles. The van der Waals surface area contributed by atoms with Crippen LogP contribution in [0.4, 0.5) is 17.1 Å². The van der Waals surface area contributed by atoms with Crippen molar-refractivity contribution in [2.45, 2.75) is 6.92 Å². The summed E-state index contributed by atoms with van der Waals surface area (Å²) in [6.07, 6.45) is 0. The Bertz CT molecular complexity index is 543. The van der Waals surface area contributed by atoms with Crippen molar-refractivity contribution in [2.24, 2.45) is 0 Å². The van der Waals surface area contributed by atoms with Crippen LogP contribution in [-0.4, -0.2) is 6.61 Å². The van der Waals surface area contributed by atoms with E-state index in [9.17, 15) is 0 Å². The van der Waals surface area contributed by atoms with E-state index in [4.69, 9.17) is 10.5 Å². The monoisotopic (exact) mass is 306 g/mol. The lowest BCUT2D eigenvalue weighted by molar-refractivity contribution is 0.340. The van der Waals surface area contributed by atoms with E-state index in [0.29, 0.717) is 12.3 Å². The molecule has 0 amide bonds. The Morgan fingerprint density at radius 1 is 1.22 bits per heavy atom. The highest BCUT2D eigenvalue weighted by Gasteiger charge is 2.02. The van der Waals surface area contributed by atoms with Crippen molar-refractivity contribution in [1.82, 2.24) is 0 Å². The van der Waals surface area contributed by atoms with E-state index in [1.54, 1.807) is 0 Å². The largest absolute Gasteiger partial charge is 0.494 e. The molecule has 18 heavy (non-hydrogen) atoms. The van der Waals surface area contributed by atoms with Crippen molar-refractivity contribution in [3.8, 4) is 5.75 Å². The van der Waals surface area contributed by atoms with Crippen LogP contribution in [0.2, 0.25) is 0 Å². The molecule has 0 saturated carbocycles. The van der Waals surface area contributed by atoms with Gasteiger partial charge < -0.3 is 15.8 Å². The van der Waals surface area contributed by atoms with Crippen molar-refractivity contribution < 1.29 is 4.74 Å². The molecule has 0 atom stereocenters. The van der Waals surface area contributed by atoms with Crippen LogP contribution >= 0.6 is 15.9 Å². The second-order valence-electron chi connectivity index (χ2n) is 3.83. The summed E-state index contributed by atoms with van der Waals surface area (Å²) in [5, 5.41) is 3.30. The summed E-state index contributed by atoms with van der Waals surface area (Å²) < 4.78 is 6.47. The SMILES string of the molecule is CCOc1cc(N)cc(Nc2ccccc2Br)c1. The number of hydrogen-bond donors (Lipinski definition) is 2. The Morgan fingerprint density at radius 3 is 2.72 bits per heavy atom. The van der Waals surface area contributed by atoms with E-state index in [2.05, 4.69) is 21.2 Å². The molecule has 2 aromatic rings. The number of halogens is 1. The summed E-state index contributed by atoms with van der Waals surface area (Å²) in [5.74, 6) is 0.770. The van der Waals surface area contributed by atoms with E-state index < -0.39 is 0 Å². The summed E-state index contributed by atoms with van der Waals surface area (Å²) in [5.41, 5.74) is 8.43. The maximum absolute atomic E-state index is 5.85. The van der Waals surface area contributed by atoms with Crippen LogP contribution in [-0.2, 0) is 0 Å². The summed E-state index contributed by atoms with van der Waals surface area (Å²) in [6.45, 7) is 2.57. The summed E-state index contributed by atoms with van der Waals surface area (Å²) in [6, 6.07) is 13.5. The Morgan fingerprint density at radius 2 is 2.00 bits per heavy atom. The van der Waals surface area contributed by atoms with Crippen LogP contribution in [0.1, 0.15) is 6.92 Å². The third-order valence-corrected chi connectivity index (χ3v) is 3.08. The molecule has 0 heterocycles. The molecule has 0 spiro atoms. The van der Waals surface area contributed by atoms with Crippen molar-refractivity contribution in [1.29, 1.82) is 0 Å².